The molecule has 2 aromatic carbocycles. The minimum absolute atomic E-state index is 0.119. The normalized spacial score (nSPS) is 14.1. The van der Waals surface area contributed by atoms with Crippen molar-refractivity contribution in [1.82, 2.24) is 15.5 Å². The maximum Gasteiger partial charge on any atom is 0.253 e. The van der Waals surface area contributed by atoms with Crippen LogP contribution in [0.4, 0.5) is 0 Å². The van der Waals surface area contributed by atoms with Gasteiger partial charge in [0.05, 0.1) is 17.1 Å². The second-order valence-corrected chi connectivity index (χ2v) is 7.68. The number of amides is 2. The van der Waals surface area contributed by atoms with E-state index in [9.17, 15) is 9.59 Å². The van der Waals surface area contributed by atoms with Gasteiger partial charge in [-0.25, -0.2) is 0 Å². The number of hydrogen-bond acceptors (Lipinski definition) is 3. The van der Waals surface area contributed by atoms with Crippen LogP contribution in [0.2, 0.25) is 10.0 Å². The summed E-state index contributed by atoms with van der Waals surface area (Å²) in [6.07, 6.45) is 2.49. The predicted octanol–water partition coefficient (Wildman–Crippen LogP) is 3.64. The van der Waals surface area contributed by atoms with Gasteiger partial charge >= 0.3 is 0 Å². The number of carbonyl (C=O) groups excluding carboxylic acids is 2. The molecular weight excluding hydrogens is 397 g/mol. The molecule has 0 unspecified atom stereocenters. The zero-order valence-corrected chi connectivity index (χ0v) is 17.0. The largest absolute Gasteiger partial charge is 0.350 e. The number of carbonyl (C=O) groups is 2. The van der Waals surface area contributed by atoms with Crippen LogP contribution in [-0.4, -0.2) is 36.3 Å². The minimum Gasteiger partial charge on any atom is -0.350 e. The summed E-state index contributed by atoms with van der Waals surface area (Å²) >= 11 is 11.8. The van der Waals surface area contributed by atoms with Gasteiger partial charge in [-0.3, -0.25) is 14.5 Å². The van der Waals surface area contributed by atoms with Crippen molar-refractivity contribution in [3.05, 3.63) is 69.2 Å². The van der Waals surface area contributed by atoms with E-state index >= 15 is 0 Å². The van der Waals surface area contributed by atoms with Gasteiger partial charge in [-0.05, 0) is 55.3 Å². The molecule has 0 aromatic heterocycles. The molecule has 1 aliphatic rings. The summed E-state index contributed by atoms with van der Waals surface area (Å²) in [4.78, 5) is 26.8. The van der Waals surface area contributed by atoms with Crippen LogP contribution in [0.1, 0.15) is 34.3 Å². The van der Waals surface area contributed by atoms with E-state index in [1.54, 1.807) is 6.07 Å². The van der Waals surface area contributed by atoms with Crippen LogP contribution in [0, 0.1) is 0 Å². The molecule has 0 spiro atoms. The van der Waals surface area contributed by atoms with Gasteiger partial charge in [0, 0.05) is 18.1 Å². The van der Waals surface area contributed by atoms with Crippen LogP contribution < -0.4 is 10.6 Å². The van der Waals surface area contributed by atoms with Crippen LogP contribution in [0.5, 0.6) is 0 Å². The van der Waals surface area contributed by atoms with Crippen LogP contribution >= 0.6 is 23.2 Å². The monoisotopic (exact) mass is 419 g/mol. The number of hydrogen-bond donors (Lipinski definition) is 2. The quantitative estimate of drug-likeness (QED) is 0.719. The second-order valence-electron chi connectivity index (χ2n) is 6.84. The topological polar surface area (TPSA) is 61.4 Å². The SMILES string of the molecule is O=C(CNC(=O)c1ccc(Cl)cc1Cl)NCc1ccccc1CN1CCCC1. The van der Waals surface area contributed by atoms with Crippen molar-refractivity contribution in [2.45, 2.75) is 25.9 Å². The zero-order valence-electron chi connectivity index (χ0n) is 15.5. The standard InChI is InChI=1S/C21H23Cl2N3O2/c22-17-7-8-18(19(23)11-17)21(28)25-13-20(27)24-12-15-5-1-2-6-16(15)14-26-9-3-4-10-26/h1-2,5-8,11H,3-4,9-10,12-14H2,(H,24,27)(H,25,28). The summed E-state index contributed by atoms with van der Waals surface area (Å²) in [6, 6.07) is 12.7. The molecule has 2 aromatic rings. The fraction of sp³-hybridized carbons (Fsp3) is 0.333. The Morgan fingerprint density at radius 3 is 2.39 bits per heavy atom. The summed E-state index contributed by atoms with van der Waals surface area (Å²) in [5.41, 5.74) is 2.60. The van der Waals surface area contributed by atoms with Gasteiger partial charge in [-0.1, -0.05) is 47.5 Å². The summed E-state index contributed by atoms with van der Waals surface area (Å²) in [5, 5.41) is 6.15. The van der Waals surface area contributed by atoms with E-state index in [2.05, 4.69) is 21.6 Å². The number of likely N-dealkylation sites (tertiary alicyclic amines) is 1. The van der Waals surface area contributed by atoms with E-state index < -0.39 is 5.91 Å². The van der Waals surface area contributed by atoms with Crippen molar-refractivity contribution in [2.24, 2.45) is 0 Å². The van der Waals surface area contributed by atoms with Gasteiger partial charge in [-0.15, -0.1) is 0 Å². The van der Waals surface area contributed by atoms with E-state index in [-0.39, 0.29) is 23.0 Å². The number of nitrogens with one attached hydrogen (secondary N) is 2. The fourth-order valence-corrected chi connectivity index (χ4v) is 3.75. The summed E-state index contributed by atoms with van der Waals surface area (Å²) in [5.74, 6) is -0.666. The summed E-state index contributed by atoms with van der Waals surface area (Å²) < 4.78 is 0. The van der Waals surface area contributed by atoms with Crippen molar-refractivity contribution in [3.8, 4) is 0 Å². The molecule has 1 heterocycles. The molecule has 7 heteroatoms. The maximum absolute atomic E-state index is 12.2. The van der Waals surface area contributed by atoms with Crippen molar-refractivity contribution >= 4 is 35.0 Å². The molecular formula is C21H23Cl2N3O2. The number of nitrogens with zero attached hydrogens (tertiary/aromatic N) is 1. The molecule has 0 saturated carbocycles. The number of rotatable bonds is 7. The smallest absolute Gasteiger partial charge is 0.253 e. The Morgan fingerprint density at radius 1 is 0.964 bits per heavy atom. The third-order valence-corrected chi connectivity index (χ3v) is 5.32. The van der Waals surface area contributed by atoms with Crippen LogP contribution in [0.15, 0.2) is 42.5 Å². The lowest BCUT2D eigenvalue weighted by atomic mass is 10.1. The summed E-state index contributed by atoms with van der Waals surface area (Å²) in [7, 11) is 0. The lowest BCUT2D eigenvalue weighted by Gasteiger charge is -2.17. The zero-order chi connectivity index (χ0) is 19.9. The average molecular weight is 420 g/mol. The third kappa shape index (κ3) is 5.71. The van der Waals surface area contributed by atoms with Gasteiger partial charge in [0.2, 0.25) is 5.91 Å². The Labute approximate surface area is 175 Å². The lowest BCUT2D eigenvalue weighted by Crippen LogP contribution is -2.37. The first-order valence-electron chi connectivity index (χ1n) is 9.32. The second kappa shape index (κ2) is 9.92. The lowest BCUT2D eigenvalue weighted by molar-refractivity contribution is -0.120. The Kier molecular flexibility index (Phi) is 7.31. The molecule has 5 nitrogen and oxygen atoms in total. The Balaban J connectivity index is 1.50. The predicted molar refractivity (Wildman–Crippen MR) is 112 cm³/mol. The van der Waals surface area contributed by atoms with Crippen molar-refractivity contribution in [3.63, 3.8) is 0 Å². The van der Waals surface area contributed by atoms with E-state index in [1.807, 2.05) is 18.2 Å². The maximum atomic E-state index is 12.2. The molecule has 0 atom stereocenters. The van der Waals surface area contributed by atoms with Gasteiger partial charge < -0.3 is 10.6 Å². The number of halogens is 2. The fourth-order valence-electron chi connectivity index (χ4n) is 3.25. The van der Waals surface area contributed by atoms with Crippen LogP contribution in [-0.2, 0) is 17.9 Å². The van der Waals surface area contributed by atoms with E-state index in [0.29, 0.717) is 11.6 Å². The Hall–Kier alpha value is -2.08. The highest BCUT2D eigenvalue weighted by molar-refractivity contribution is 6.36. The highest BCUT2D eigenvalue weighted by atomic mass is 35.5. The van der Waals surface area contributed by atoms with E-state index in [1.165, 1.54) is 30.5 Å². The summed E-state index contributed by atoms with van der Waals surface area (Å²) in [6.45, 7) is 3.46. The highest BCUT2D eigenvalue weighted by Gasteiger charge is 2.15. The van der Waals surface area contributed by atoms with Crippen molar-refractivity contribution in [1.29, 1.82) is 0 Å². The van der Waals surface area contributed by atoms with Crippen LogP contribution in [0.3, 0.4) is 0 Å². The third-order valence-electron chi connectivity index (χ3n) is 4.77. The minimum atomic E-state index is -0.411. The van der Waals surface area contributed by atoms with Gasteiger partial charge in [-0.2, -0.15) is 0 Å². The molecule has 0 bridgehead atoms. The van der Waals surface area contributed by atoms with E-state index in [4.69, 9.17) is 23.2 Å². The molecule has 2 N–H and O–H groups in total. The molecule has 1 aliphatic heterocycles. The first-order chi connectivity index (χ1) is 13.5. The van der Waals surface area contributed by atoms with Crippen LogP contribution in [0.25, 0.3) is 0 Å². The Morgan fingerprint density at radius 2 is 1.68 bits per heavy atom. The van der Waals surface area contributed by atoms with Crippen molar-refractivity contribution in [2.75, 3.05) is 19.6 Å². The van der Waals surface area contributed by atoms with Gasteiger partial charge in [0.25, 0.3) is 5.91 Å². The molecule has 3 rings (SSSR count). The Bertz CT molecular complexity index is 851. The molecule has 28 heavy (non-hydrogen) atoms. The molecule has 0 radical (unpaired) electrons. The average Bonchev–Trinajstić information content (AvgIpc) is 3.18. The van der Waals surface area contributed by atoms with Gasteiger partial charge in [0.15, 0.2) is 0 Å². The molecule has 148 valence electrons. The first kappa shape index (κ1) is 20.6. The molecule has 1 fully saturated rings. The first-order valence-corrected chi connectivity index (χ1v) is 10.1. The van der Waals surface area contributed by atoms with Gasteiger partial charge in [0.1, 0.15) is 0 Å². The molecule has 0 aliphatic carbocycles. The number of benzene rings is 2. The highest BCUT2D eigenvalue weighted by Crippen LogP contribution is 2.20. The molecule has 2 amide bonds. The van der Waals surface area contributed by atoms with E-state index in [0.717, 1.165) is 25.2 Å². The van der Waals surface area contributed by atoms with Crippen molar-refractivity contribution < 1.29 is 9.59 Å². The molecule has 1 saturated heterocycles.